The van der Waals surface area contributed by atoms with E-state index in [1.54, 1.807) is 26.0 Å². The summed E-state index contributed by atoms with van der Waals surface area (Å²) in [5.41, 5.74) is 0.519. The molecule has 27 heavy (non-hydrogen) atoms. The smallest absolute Gasteiger partial charge is 0.305 e. The molecule has 0 saturated heterocycles. The number of carbonyl (C=O) groups excluding carboxylic acids is 3. The van der Waals surface area contributed by atoms with Crippen molar-refractivity contribution in [2.24, 2.45) is 0 Å². The summed E-state index contributed by atoms with van der Waals surface area (Å²) in [5, 5.41) is 2.69. The minimum Gasteiger partial charge on any atom is -0.469 e. The van der Waals surface area contributed by atoms with Crippen molar-refractivity contribution >= 4 is 23.5 Å². The summed E-state index contributed by atoms with van der Waals surface area (Å²) >= 11 is 0. The average molecular weight is 376 g/mol. The molecule has 0 spiro atoms. The van der Waals surface area contributed by atoms with Crippen molar-refractivity contribution in [2.75, 3.05) is 25.1 Å². The lowest BCUT2D eigenvalue weighted by Gasteiger charge is -2.20. The lowest BCUT2D eigenvalue weighted by atomic mass is 9.84. The molecule has 2 aliphatic rings. The van der Waals surface area contributed by atoms with Crippen LogP contribution in [0.5, 0.6) is 0 Å². The SMILES string of the molecule is COC(=O)CCCNC(=O)CN1C(=O)C(C)(C)c2c1ccc(C1CC1)c2F. The molecule has 6 nitrogen and oxygen atoms in total. The predicted octanol–water partition coefficient (Wildman–Crippen LogP) is 2.40. The Morgan fingerprint density at radius 2 is 2.04 bits per heavy atom. The van der Waals surface area contributed by atoms with Gasteiger partial charge in [-0.2, -0.15) is 0 Å². The van der Waals surface area contributed by atoms with E-state index in [2.05, 4.69) is 10.1 Å². The first-order chi connectivity index (χ1) is 12.8. The minimum atomic E-state index is -1.00. The van der Waals surface area contributed by atoms with Crippen LogP contribution in [-0.4, -0.2) is 38.0 Å². The van der Waals surface area contributed by atoms with E-state index in [9.17, 15) is 14.4 Å². The largest absolute Gasteiger partial charge is 0.469 e. The van der Waals surface area contributed by atoms with Gasteiger partial charge >= 0.3 is 5.97 Å². The van der Waals surface area contributed by atoms with E-state index < -0.39 is 5.41 Å². The molecule has 1 aromatic rings. The van der Waals surface area contributed by atoms with Crippen molar-refractivity contribution in [3.8, 4) is 0 Å². The first-order valence-electron chi connectivity index (χ1n) is 9.25. The van der Waals surface area contributed by atoms with Crippen LogP contribution in [0.15, 0.2) is 12.1 Å². The van der Waals surface area contributed by atoms with Gasteiger partial charge in [-0.15, -0.1) is 0 Å². The topological polar surface area (TPSA) is 75.7 Å². The highest BCUT2D eigenvalue weighted by atomic mass is 19.1. The summed E-state index contributed by atoms with van der Waals surface area (Å²) in [6, 6.07) is 3.49. The standard InChI is InChI=1S/C20H25FN2O4/c1-20(2)17-14(9-8-13(18(17)21)12-6-7-12)23(19(20)26)11-15(24)22-10-4-5-16(25)27-3/h8-9,12H,4-7,10-11H2,1-3H3,(H,22,24). The number of benzene rings is 1. The molecular weight excluding hydrogens is 351 g/mol. The molecule has 1 fully saturated rings. The second kappa shape index (κ2) is 7.29. The number of nitrogens with zero attached hydrogens (tertiary/aromatic N) is 1. The molecule has 0 unspecified atom stereocenters. The molecule has 0 radical (unpaired) electrons. The normalized spacial score (nSPS) is 17.6. The van der Waals surface area contributed by atoms with Gasteiger partial charge in [-0.3, -0.25) is 14.4 Å². The molecule has 1 aliphatic carbocycles. The summed E-state index contributed by atoms with van der Waals surface area (Å²) in [7, 11) is 1.31. The van der Waals surface area contributed by atoms with Crippen molar-refractivity contribution in [1.29, 1.82) is 0 Å². The van der Waals surface area contributed by atoms with Crippen molar-refractivity contribution in [2.45, 2.75) is 50.9 Å². The molecule has 1 aliphatic heterocycles. The van der Waals surface area contributed by atoms with Gasteiger partial charge in [0.2, 0.25) is 11.8 Å². The van der Waals surface area contributed by atoms with Crippen LogP contribution in [0.4, 0.5) is 10.1 Å². The third kappa shape index (κ3) is 3.68. The Morgan fingerprint density at radius 3 is 2.67 bits per heavy atom. The zero-order valence-electron chi connectivity index (χ0n) is 15.9. The zero-order chi connectivity index (χ0) is 19.8. The number of nitrogens with one attached hydrogen (secondary N) is 1. The maximum absolute atomic E-state index is 15.1. The van der Waals surface area contributed by atoms with Gasteiger partial charge in [0.05, 0.1) is 18.2 Å². The summed E-state index contributed by atoms with van der Waals surface area (Å²) < 4.78 is 19.6. The lowest BCUT2D eigenvalue weighted by molar-refractivity contribution is -0.140. The van der Waals surface area contributed by atoms with E-state index in [1.165, 1.54) is 12.0 Å². The van der Waals surface area contributed by atoms with Crippen molar-refractivity contribution in [3.05, 3.63) is 29.1 Å². The Bertz CT molecular complexity index is 786. The number of methoxy groups -OCH3 is 1. The van der Waals surface area contributed by atoms with Crippen molar-refractivity contribution < 1.29 is 23.5 Å². The van der Waals surface area contributed by atoms with E-state index in [4.69, 9.17) is 0 Å². The molecule has 1 heterocycles. The van der Waals surface area contributed by atoms with E-state index in [-0.39, 0.29) is 42.5 Å². The van der Waals surface area contributed by atoms with Gasteiger partial charge in [-0.1, -0.05) is 6.07 Å². The van der Waals surface area contributed by atoms with Crippen LogP contribution < -0.4 is 10.2 Å². The molecule has 0 atom stereocenters. The van der Waals surface area contributed by atoms with Gasteiger partial charge in [-0.25, -0.2) is 4.39 Å². The lowest BCUT2D eigenvalue weighted by Crippen LogP contribution is -2.43. The van der Waals surface area contributed by atoms with Gasteiger partial charge in [0, 0.05) is 18.5 Å². The number of anilines is 1. The van der Waals surface area contributed by atoms with Gasteiger partial charge in [0.1, 0.15) is 12.4 Å². The molecule has 1 saturated carbocycles. The van der Waals surface area contributed by atoms with Crippen LogP contribution >= 0.6 is 0 Å². The average Bonchev–Trinajstić information content (AvgIpc) is 3.44. The van der Waals surface area contributed by atoms with E-state index in [0.717, 1.165) is 12.8 Å². The number of ether oxygens (including phenoxy) is 1. The highest BCUT2D eigenvalue weighted by Gasteiger charge is 2.47. The monoisotopic (exact) mass is 376 g/mol. The van der Waals surface area contributed by atoms with Crippen molar-refractivity contribution in [3.63, 3.8) is 0 Å². The van der Waals surface area contributed by atoms with Crippen LogP contribution in [0.2, 0.25) is 0 Å². The molecule has 0 bridgehead atoms. The van der Waals surface area contributed by atoms with Crippen LogP contribution in [-0.2, 0) is 24.5 Å². The van der Waals surface area contributed by atoms with E-state index >= 15 is 4.39 Å². The highest BCUT2D eigenvalue weighted by molar-refractivity contribution is 6.10. The third-order valence-corrected chi connectivity index (χ3v) is 5.27. The van der Waals surface area contributed by atoms with Crippen LogP contribution in [0, 0.1) is 5.82 Å². The number of fused-ring (bicyclic) bond motifs is 1. The van der Waals surface area contributed by atoms with E-state index in [1.807, 2.05) is 0 Å². The fourth-order valence-corrected chi connectivity index (χ4v) is 3.58. The quantitative estimate of drug-likeness (QED) is 0.586. The molecule has 7 heteroatoms. The fraction of sp³-hybridized carbons (Fsp3) is 0.550. The first-order valence-corrected chi connectivity index (χ1v) is 9.25. The van der Waals surface area contributed by atoms with Gasteiger partial charge in [0.25, 0.3) is 0 Å². The Balaban J connectivity index is 1.70. The van der Waals surface area contributed by atoms with Crippen LogP contribution in [0.25, 0.3) is 0 Å². The second-order valence-corrected chi connectivity index (χ2v) is 7.68. The molecule has 0 aromatic heterocycles. The molecule has 146 valence electrons. The maximum Gasteiger partial charge on any atom is 0.305 e. The summed E-state index contributed by atoms with van der Waals surface area (Å²) in [6.45, 7) is 3.53. The molecule has 3 rings (SSSR count). The van der Waals surface area contributed by atoms with Gasteiger partial charge in [-0.05, 0) is 50.7 Å². The Kier molecular flexibility index (Phi) is 5.22. The van der Waals surface area contributed by atoms with Gasteiger partial charge in [0.15, 0.2) is 0 Å². The Labute approximate surface area is 158 Å². The molecular formula is C20H25FN2O4. The minimum absolute atomic E-state index is 0.171. The summed E-state index contributed by atoms with van der Waals surface area (Å²) in [4.78, 5) is 37.5. The Morgan fingerprint density at radius 1 is 1.33 bits per heavy atom. The fourth-order valence-electron chi connectivity index (χ4n) is 3.58. The van der Waals surface area contributed by atoms with Crippen LogP contribution in [0.3, 0.4) is 0 Å². The number of amides is 2. The number of esters is 1. The summed E-state index contributed by atoms with van der Waals surface area (Å²) in [6.07, 6.45) is 2.61. The molecule has 1 aromatic carbocycles. The number of hydrogen-bond donors (Lipinski definition) is 1. The van der Waals surface area contributed by atoms with E-state index in [0.29, 0.717) is 29.8 Å². The second-order valence-electron chi connectivity index (χ2n) is 7.68. The Hall–Kier alpha value is -2.44. The predicted molar refractivity (Wildman–Crippen MR) is 98.0 cm³/mol. The molecule has 1 N–H and O–H groups in total. The third-order valence-electron chi connectivity index (χ3n) is 5.27. The highest BCUT2D eigenvalue weighted by Crippen LogP contribution is 2.48. The summed E-state index contributed by atoms with van der Waals surface area (Å²) in [5.74, 6) is -1.03. The van der Waals surface area contributed by atoms with Crippen molar-refractivity contribution in [1.82, 2.24) is 5.32 Å². The first kappa shape index (κ1) is 19.3. The van der Waals surface area contributed by atoms with Gasteiger partial charge < -0.3 is 15.0 Å². The number of halogens is 1. The van der Waals surface area contributed by atoms with Crippen LogP contribution in [0.1, 0.15) is 56.6 Å². The number of rotatable bonds is 7. The number of hydrogen-bond acceptors (Lipinski definition) is 4. The molecule has 2 amide bonds. The number of carbonyl (C=O) groups is 3. The zero-order valence-corrected chi connectivity index (χ0v) is 15.9. The maximum atomic E-state index is 15.1.